The molecule has 8 bridgehead atoms. The Hall–Kier alpha value is -3.01. The third kappa shape index (κ3) is 17.6. The summed E-state index contributed by atoms with van der Waals surface area (Å²) in [5.41, 5.74) is 2.22. The van der Waals surface area contributed by atoms with Crippen molar-refractivity contribution in [3.8, 4) is 0 Å². The summed E-state index contributed by atoms with van der Waals surface area (Å²) in [6.07, 6.45) is -10.3. The molecular formula is C85H135N4NaO40. The molecule has 130 heavy (non-hydrogen) atoms. The van der Waals surface area contributed by atoms with E-state index in [1.54, 1.807) is 6.92 Å². The van der Waals surface area contributed by atoms with E-state index in [2.05, 4.69) is 42.6 Å². The normalized spacial score (nSPS) is 54.7. The smallest absolute Gasteiger partial charge is 0.662 e. The van der Waals surface area contributed by atoms with E-state index in [0.717, 1.165) is 83.5 Å². The second kappa shape index (κ2) is 39.6. The number of piperidine rings is 1. The molecule has 45 heteroatoms. The van der Waals surface area contributed by atoms with Crippen molar-refractivity contribution in [2.24, 2.45) is 110 Å². The zero-order chi connectivity index (χ0) is 93.4. The molecule has 0 radical (unpaired) electrons. The summed E-state index contributed by atoms with van der Waals surface area (Å²) in [6, 6.07) is -4.63. The summed E-state index contributed by atoms with van der Waals surface area (Å²) in [7, 11) is 0. The van der Waals surface area contributed by atoms with Crippen LogP contribution in [-0.2, 0) is 110 Å². The number of nitrogens with two attached hydrogens (primary N) is 1. The van der Waals surface area contributed by atoms with Gasteiger partial charge in [0.2, 0.25) is 47.9 Å². The SMILES string of the molecule is C[C@@H]1CCC2[C@@H](C)C(=NC3[C@H](O)O[C@@H](CO)[C@H](O)[C@H]3O)O[C@@H]3O[C@]4(C)CCC1C23OO4.C[C@@H]1CCC2[C@@H](C)C(=NC3[C@H](O)O[C@@H](CO)[C@H](O)[C@H]3O)O[C@@H]3O[C@]4(C)CCC1C23OO4.C[C@@H]1CCC2[C@@H](C)C(=O)N(C3[C@H](O)O[C@@H](CO)[C@H](O)[C@H]3O)C3O[C@]4(C)CCC1C23OO4.C[C@@H]1CCC2[C@@H](C)C(=O)O[C@@H]3O[C@]4(C)CCC1C23OO4.N[C@H]1[C@H](O)[C@@H](O)[C@H](CO)O[C@H]1O.O=CO[O-].[Na+]. The van der Waals surface area contributed by atoms with Crippen LogP contribution < -0.4 is 40.5 Å². The maximum absolute atomic E-state index is 13.6. The van der Waals surface area contributed by atoms with Gasteiger partial charge in [0.1, 0.15) is 91.4 Å². The number of hydrogen-bond donors (Lipinski definition) is 17. The van der Waals surface area contributed by atoms with Crippen molar-refractivity contribution < 1.29 is 227 Å². The minimum Gasteiger partial charge on any atom is -0.662 e. The topological polar surface area (TPSA) is 637 Å². The van der Waals surface area contributed by atoms with Gasteiger partial charge in [-0.05, 0) is 134 Å². The average Bonchev–Trinajstić information content (AvgIpc) is 1.34. The molecule has 736 valence electrons. The zero-order valence-electron chi connectivity index (χ0n) is 75.7. The van der Waals surface area contributed by atoms with Gasteiger partial charge < -0.3 is 155 Å². The number of ether oxygens (including phenoxy) is 11. The Balaban J connectivity index is 0.000000133. The number of likely N-dealkylation sites (tertiary alicyclic amines) is 1. The first-order valence-electron chi connectivity index (χ1n) is 45.9. The number of carbonyl (C=O) groups is 3. The number of fused-ring (bicyclic) bond motifs is 8. The summed E-state index contributed by atoms with van der Waals surface area (Å²) >= 11 is 0. The van der Waals surface area contributed by atoms with Crippen LogP contribution in [0.3, 0.4) is 0 Å². The van der Waals surface area contributed by atoms with Gasteiger partial charge in [0, 0.05) is 84.9 Å². The van der Waals surface area contributed by atoms with Gasteiger partial charge in [-0.15, -0.1) is 0 Å². The maximum Gasteiger partial charge on any atom is 1.00 e. The molecule has 16 unspecified atom stereocenters. The van der Waals surface area contributed by atoms with E-state index in [9.17, 15) is 81.1 Å². The van der Waals surface area contributed by atoms with E-state index >= 15 is 0 Å². The molecule has 24 rings (SSSR count). The average molecular weight is 1880 g/mol. The quantitative estimate of drug-likeness (QED) is 0.0354. The van der Waals surface area contributed by atoms with Crippen LogP contribution in [0.15, 0.2) is 9.98 Å². The standard InChI is InChI=1S/3C21H33NO9.C15H22O5.C6H13NO5.CH2O3.Na/c2*1-9-4-5-12-10(2)17(22-14-16(25)15(24)13(8-23)27-18(14)26)28-19-21(12)11(9)6-7-20(3,29-19)30-31-21;1-9-4-5-12-10(2)17(26)22(14-16(25)15(24)13(8-23)28-18(14)27)19-21(12)11(9)6-7-20(3,29-19)30-31-21;1-8-4-5-11-9(2)12(16)17-13-15(11)10(8)6-7-14(3,18-13)19-20-15;7-3-5(10)4(9)2(1-8)12-6(3)11;2-1-4-3;/h2*9-16,18-19,23-26H,4-8H2,1-3H3;9-16,18-19,23-25,27H,4-8H2,1-3H3;8-11,13H,4-7H2,1-3H3;2-6,8-11H,1,7H2;1,3H;/q;;;;;;+1/p-1/t2*9-,10-,11?,12?,13+,14?,15+,16+,18-,19-,20+,21?;9-,10-,11?,12?,13+,14?,15+,16+,18-,19?,20+,21?;8-,9-,10?,11?,13-,14+,15?;2-,3-,4-,5-,6+;;/m11110../s1. The monoisotopic (exact) mass is 1870 g/mol. The van der Waals surface area contributed by atoms with Crippen LogP contribution in [0.5, 0.6) is 0 Å². The molecule has 48 atom stereocenters. The Morgan fingerprint density at radius 1 is 0.392 bits per heavy atom. The second-order valence-corrected chi connectivity index (χ2v) is 40.3. The first-order chi connectivity index (χ1) is 61.0. The Kier molecular flexibility index (Phi) is 31.3. The van der Waals surface area contributed by atoms with Crippen molar-refractivity contribution in [3.63, 3.8) is 0 Å². The van der Waals surface area contributed by atoms with Crippen LogP contribution in [-0.4, -0.2) is 336 Å². The predicted molar refractivity (Wildman–Crippen MR) is 424 cm³/mol. The Labute approximate surface area is 774 Å². The van der Waals surface area contributed by atoms with Gasteiger partial charge in [-0.25, -0.2) is 49.1 Å². The molecule has 0 aromatic carbocycles. The Morgan fingerprint density at radius 3 is 1.07 bits per heavy atom. The minimum atomic E-state index is -1.61. The van der Waals surface area contributed by atoms with Gasteiger partial charge in [0.25, 0.3) is 6.47 Å². The van der Waals surface area contributed by atoms with Crippen LogP contribution >= 0.6 is 0 Å². The predicted octanol–water partition coefficient (Wildman–Crippen LogP) is -5.81. The fourth-order valence-electron chi connectivity index (χ4n) is 25.2. The number of hydrogen-bond acceptors (Lipinski definition) is 43. The molecule has 4 aliphatic carbocycles. The maximum atomic E-state index is 13.6. The van der Waals surface area contributed by atoms with Crippen LogP contribution in [0, 0.1) is 94.7 Å². The molecule has 0 aromatic heterocycles. The van der Waals surface area contributed by atoms with Gasteiger partial charge in [-0.2, -0.15) is 0 Å². The van der Waals surface area contributed by atoms with Gasteiger partial charge >= 0.3 is 35.5 Å². The molecule has 24 aliphatic rings. The Morgan fingerprint density at radius 2 is 0.700 bits per heavy atom. The minimum absolute atomic E-state index is 0. The number of esters is 1. The van der Waals surface area contributed by atoms with Crippen molar-refractivity contribution >= 4 is 30.1 Å². The van der Waals surface area contributed by atoms with Gasteiger partial charge in [0.05, 0.1) is 38.4 Å². The third-order valence-corrected chi connectivity index (χ3v) is 32.7. The van der Waals surface area contributed by atoms with Crippen molar-refractivity contribution in [1.82, 2.24) is 4.90 Å². The number of rotatable bonds is 8. The summed E-state index contributed by atoms with van der Waals surface area (Å²) in [6.45, 7) is 21.7. The van der Waals surface area contributed by atoms with Crippen LogP contribution in [0.25, 0.3) is 0 Å². The Bertz CT molecular complexity index is 3830. The molecule has 4 saturated carbocycles. The van der Waals surface area contributed by atoms with E-state index < -0.39 is 226 Å². The van der Waals surface area contributed by atoms with E-state index in [0.29, 0.717) is 60.6 Å². The van der Waals surface area contributed by atoms with E-state index in [1.165, 1.54) is 4.90 Å². The van der Waals surface area contributed by atoms with Gasteiger partial charge in [0.15, 0.2) is 65.6 Å². The molecule has 20 saturated heterocycles. The fourth-order valence-corrected chi connectivity index (χ4v) is 25.2. The zero-order valence-corrected chi connectivity index (χ0v) is 77.7. The van der Waals surface area contributed by atoms with Crippen LogP contribution in [0.2, 0.25) is 0 Å². The van der Waals surface area contributed by atoms with E-state index in [-0.39, 0.29) is 107 Å². The molecular weight excluding hydrogens is 1740 g/mol. The van der Waals surface area contributed by atoms with Crippen LogP contribution in [0.4, 0.5) is 0 Å². The number of aliphatic hydroxyl groups is 16. The van der Waals surface area contributed by atoms with Crippen molar-refractivity contribution in [2.75, 3.05) is 26.4 Å². The number of nitrogens with zero attached hydrogens (tertiary/aromatic N) is 3. The first kappa shape index (κ1) is 103. The van der Waals surface area contributed by atoms with Crippen LogP contribution in [0.1, 0.15) is 186 Å². The largest absolute Gasteiger partial charge is 1.00 e. The summed E-state index contributed by atoms with van der Waals surface area (Å²) < 4.78 is 63.6. The molecule has 24 fully saturated rings. The van der Waals surface area contributed by atoms with Gasteiger partial charge in [-0.3, -0.25) is 14.4 Å². The van der Waals surface area contributed by atoms with Crippen molar-refractivity contribution in [1.29, 1.82) is 0 Å². The molecule has 18 N–H and O–H groups in total. The molecule has 0 aromatic rings. The second-order valence-electron chi connectivity index (χ2n) is 40.3. The molecule has 4 spiro atoms. The summed E-state index contributed by atoms with van der Waals surface area (Å²) in [4.78, 5) is 94.6. The first-order valence-corrected chi connectivity index (χ1v) is 45.9. The number of aliphatic imine (C=N–C) groups is 2. The van der Waals surface area contributed by atoms with Gasteiger partial charge in [-0.1, -0.05) is 55.4 Å². The van der Waals surface area contributed by atoms with Crippen molar-refractivity contribution in [2.45, 2.75) is 379 Å². The molecule has 1 amide bonds. The van der Waals surface area contributed by atoms with Crippen molar-refractivity contribution in [3.05, 3.63) is 0 Å². The third-order valence-electron chi connectivity index (χ3n) is 32.7. The molecule has 20 heterocycles. The molecule has 20 aliphatic heterocycles. The number of aliphatic hydroxyl groups excluding tert-OH is 16. The number of carbonyl (C=O) groups excluding carboxylic acids is 3. The summed E-state index contributed by atoms with van der Waals surface area (Å²) in [5, 5.41) is 167. The number of amides is 1. The fraction of sp³-hybridized carbons (Fsp3) is 0.941. The summed E-state index contributed by atoms with van der Waals surface area (Å²) in [5.74, 6) is -1.96. The molecule has 44 nitrogen and oxygen atoms in total. The van der Waals surface area contributed by atoms with E-state index in [1.807, 2.05) is 48.5 Å². The van der Waals surface area contributed by atoms with E-state index in [4.69, 9.17) is 117 Å².